The first-order valence-corrected chi connectivity index (χ1v) is 8.05. The molecule has 0 radical (unpaired) electrons. The minimum absolute atomic E-state index is 0.205. The van der Waals surface area contributed by atoms with Crippen molar-refractivity contribution in [3.63, 3.8) is 0 Å². The van der Waals surface area contributed by atoms with Crippen molar-refractivity contribution in [1.29, 1.82) is 0 Å². The quantitative estimate of drug-likeness (QED) is 0.791. The molecule has 20 heavy (non-hydrogen) atoms. The van der Waals surface area contributed by atoms with Crippen molar-refractivity contribution in [2.24, 2.45) is 0 Å². The third-order valence-electron chi connectivity index (χ3n) is 3.68. The minimum Gasteiger partial charge on any atom is -0.494 e. The molecular weight excluding hydrogens is 270 g/mol. The fourth-order valence-corrected chi connectivity index (χ4v) is 3.78. The number of nitrogens with zero attached hydrogens (tertiary/aromatic N) is 1. The lowest BCUT2D eigenvalue weighted by atomic mass is 10.0. The highest BCUT2D eigenvalue weighted by molar-refractivity contribution is 7.09. The molecule has 1 aromatic heterocycles. The molecule has 3 nitrogen and oxygen atoms in total. The van der Waals surface area contributed by atoms with Gasteiger partial charge in [0, 0.05) is 17.1 Å². The van der Waals surface area contributed by atoms with Crippen LogP contribution >= 0.6 is 11.3 Å². The lowest BCUT2D eigenvalue weighted by Gasteiger charge is -2.14. The van der Waals surface area contributed by atoms with E-state index in [0.29, 0.717) is 6.61 Å². The van der Waals surface area contributed by atoms with Crippen LogP contribution in [0.1, 0.15) is 29.8 Å². The summed E-state index contributed by atoms with van der Waals surface area (Å²) >= 11 is 1.44. The van der Waals surface area contributed by atoms with Gasteiger partial charge in [-0.1, -0.05) is 29.5 Å². The SMILES string of the molecule is O=c1sc2c(n1CCCOc1ccccc1)CCCC2. The molecule has 0 fully saturated rings. The number of aromatic nitrogens is 1. The van der Waals surface area contributed by atoms with Gasteiger partial charge in [-0.3, -0.25) is 4.79 Å². The lowest BCUT2D eigenvalue weighted by Crippen LogP contribution is -2.18. The molecule has 1 aromatic carbocycles. The zero-order valence-electron chi connectivity index (χ0n) is 11.5. The summed E-state index contributed by atoms with van der Waals surface area (Å²) in [5.74, 6) is 0.896. The van der Waals surface area contributed by atoms with Crippen LogP contribution in [0.4, 0.5) is 0 Å². The van der Waals surface area contributed by atoms with Crippen LogP contribution < -0.4 is 9.61 Å². The summed E-state index contributed by atoms with van der Waals surface area (Å²) in [6.07, 6.45) is 5.46. The second-order valence-electron chi connectivity index (χ2n) is 5.11. The summed E-state index contributed by atoms with van der Waals surface area (Å²) in [6.45, 7) is 1.43. The number of ether oxygens (including phenoxy) is 1. The van der Waals surface area contributed by atoms with Crippen LogP contribution in [0.3, 0.4) is 0 Å². The van der Waals surface area contributed by atoms with Gasteiger partial charge in [0.25, 0.3) is 0 Å². The maximum absolute atomic E-state index is 12.0. The van der Waals surface area contributed by atoms with Gasteiger partial charge in [-0.25, -0.2) is 0 Å². The fraction of sp³-hybridized carbons (Fsp3) is 0.438. The van der Waals surface area contributed by atoms with Gasteiger partial charge in [0.2, 0.25) is 0 Å². The number of thiazole rings is 1. The Morgan fingerprint density at radius 2 is 1.95 bits per heavy atom. The van der Waals surface area contributed by atoms with E-state index in [-0.39, 0.29) is 4.87 Å². The number of rotatable bonds is 5. The molecule has 0 unspecified atom stereocenters. The van der Waals surface area contributed by atoms with E-state index in [1.165, 1.54) is 34.7 Å². The molecule has 0 amide bonds. The number of fused-ring (bicyclic) bond motifs is 1. The van der Waals surface area contributed by atoms with Gasteiger partial charge in [0.05, 0.1) is 6.61 Å². The van der Waals surface area contributed by atoms with Crippen LogP contribution in [0.2, 0.25) is 0 Å². The first-order chi connectivity index (χ1) is 9.84. The van der Waals surface area contributed by atoms with Crippen LogP contribution in [0, 0.1) is 0 Å². The molecule has 1 aliphatic carbocycles. The summed E-state index contributed by atoms with van der Waals surface area (Å²) < 4.78 is 7.64. The summed E-state index contributed by atoms with van der Waals surface area (Å²) in [6, 6.07) is 9.82. The summed E-state index contributed by atoms with van der Waals surface area (Å²) in [5.41, 5.74) is 1.28. The van der Waals surface area contributed by atoms with Gasteiger partial charge in [-0.15, -0.1) is 0 Å². The van der Waals surface area contributed by atoms with E-state index in [9.17, 15) is 4.79 Å². The van der Waals surface area contributed by atoms with Crippen molar-refractivity contribution in [1.82, 2.24) is 4.57 Å². The topological polar surface area (TPSA) is 31.2 Å². The highest BCUT2D eigenvalue weighted by Crippen LogP contribution is 2.23. The van der Waals surface area contributed by atoms with E-state index in [1.807, 2.05) is 34.9 Å². The molecule has 106 valence electrons. The Kier molecular flexibility index (Phi) is 4.21. The number of para-hydroxylation sites is 1. The minimum atomic E-state index is 0.205. The smallest absolute Gasteiger partial charge is 0.307 e. The molecule has 0 saturated carbocycles. The highest BCUT2D eigenvalue weighted by atomic mass is 32.1. The molecule has 0 spiro atoms. The van der Waals surface area contributed by atoms with Gasteiger partial charge >= 0.3 is 4.87 Å². The molecule has 3 rings (SSSR count). The molecule has 2 aromatic rings. The van der Waals surface area contributed by atoms with Crippen LogP contribution in [-0.2, 0) is 19.4 Å². The lowest BCUT2D eigenvalue weighted by molar-refractivity contribution is 0.300. The van der Waals surface area contributed by atoms with Gasteiger partial charge < -0.3 is 9.30 Å². The first kappa shape index (κ1) is 13.4. The molecule has 1 aliphatic rings. The Bertz CT molecular complexity index is 615. The summed E-state index contributed by atoms with van der Waals surface area (Å²) in [5, 5.41) is 0. The largest absolute Gasteiger partial charge is 0.494 e. The molecule has 4 heteroatoms. The van der Waals surface area contributed by atoms with E-state index in [0.717, 1.165) is 31.6 Å². The maximum Gasteiger partial charge on any atom is 0.307 e. The average molecular weight is 289 g/mol. The molecular formula is C16H19NO2S. The van der Waals surface area contributed by atoms with Crippen molar-refractivity contribution in [3.8, 4) is 5.75 Å². The van der Waals surface area contributed by atoms with Crippen LogP contribution in [-0.4, -0.2) is 11.2 Å². The van der Waals surface area contributed by atoms with Crippen molar-refractivity contribution in [3.05, 3.63) is 50.6 Å². The monoisotopic (exact) mass is 289 g/mol. The molecule has 0 aliphatic heterocycles. The molecule has 0 bridgehead atoms. The molecule has 1 heterocycles. The Balaban J connectivity index is 1.56. The Hall–Kier alpha value is -1.55. The zero-order chi connectivity index (χ0) is 13.8. The molecule has 0 saturated heterocycles. The summed E-state index contributed by atoms with van der Waals surface area (Å²) in [4.78, 5) is 13.5. The highest BCUT2D eigenvalue weighted by Gasteiger charge is 2.17. The predicted molar refractivity (Wildman–Crippen MR) is 81.8 cm³/mol. The predicted octanol–water partition coefficient (Wildman–Crippen LogP) is 3.26. The normalized spacial score (nSPS) is 14.0. The fourth-order valence-electron chi connectivity index (χ4n) is 2.68. The van der Waals surface area contributed by atoms with E-state index >= 15 is 0 Å². The van der Waals surface area contributed by atoms with Gasteiger partial charge in [0.1, 0.15) is 5.75 Å². The van der Waals surface area contributed by atoms with Crippen LogP contribution in [0.5, 0.6) is 5.75 Å². The van der Waals surface area contributed by atoms with Gasteiger partial charge in [0.15, 0.2) is 0 Å². The number of benzene rings is 1. The maximum atomic E-state index is 12.0. The number of hydrogen-bond donors (Lipinski definition) is 0. The van der Waals surface area contributed by atoms with Crippen molar-refractivity contribution in [2.75, 3.05) is 6.61 Å². The van der Waals surface area contributed by atoms with Crippen LogP contribution in [0.25, 0.3) is 0 Å². The van der Waals surface area contributed by atoms with Crippen molar-refractivity contribution >= 4 is 11.3 Å². The number of hydrogen-bond acceptors (Lipinski definition) is 3. The van der Waals surface area contributed by atoms with E-state index in [2.05, 4.69) is 0 Å². The van der Waals surface area contributed by atoms with Crippen molar-refractivity contribution < 1.29 is 4.74 Å². The Labute approximate surface area is 122 Å². The Morgan fingerprint density at radius 1 is 1.15 bits per heavy atom. The zero-order valence-corrected chi connectivity index (χ0v) is 12.3. The van der Waals surface area contributed by atoms with E-state index < -0.39 is 0 Å². The van der Waals surface area contributed by atoms with E-state index in [4.69, 9.17) is 4.74 Å². The second-order valence-corrected chi connectivity index (χ2v) is 6.16. The first-order valence-electron chi connectivity index (χ1n) is 7.24. The van der Waals surface area contributed by atoms with Gasteiger partial charge in [-0.05, 0) is 44.2 Å². The second kappa shape index (κ2) is 6.27. The average Bonchev–Trinajstić information content (AvgIpc) is 2.80. The standard InChI is InChI=1S/C16H19NO2S/c18-16-17(14-9-4-5-10-15(14)20-16)11-6-12-19-13-7-2-1-3-8-13/h1-3,7-8H,4-6,9-12H2. The Morgan fingerprint density at radius 3 is 2.80 bits per heavy atom. The van der Waals surface area contributed by atoms with E-state index in [1.54, 1.807) is 0 Å². The number of aryl methyl sites for hydroxylation is 1. The van der Waals surface area contributed by atoms with Crippen LogP contribution in [0.15, 0.2) is 35.1 Å². The van der Waals surface area contributed by atoms with Gasteiger partial charge in [-0.2, -0.15) is 0 Å². The van der Waals surface area contributed by atoms with Crippen molar-refractivity contribution in [2.45, 2.75) is 38.6 Å². The molecule has 0 atom stereocenters. The third kappa shape index (κ3) is 2.96. The molecule has 0 N–H and O–H groups in total. The summed E-state index contributed by atoms with van der Waals surface area (Å²) in [7, 11) is 0. The third-order valence-corrected chi connectivity index (χ3v) is 4.77.